The van der Waals surface area contributed by atoms with Crippen LogP contribution in [0.2, 0.25) is 0 Å². The number of nitrogens with zero attached hydrogens (tertiary/aromatic N) is 3. The number of para-hydroxylation sites is 1. The van der Waals surface area contributed by atoms with Crippen LogP contribution in [0.15, 0.2) is 36.4 Å². The van der Waals surface area contributed by atoms with E-state index >= 15 is 0 Å². The van der Waals surface area contributed by atoms with Gasteiger partial charge in [-0.1, -0.05) is 18.2 Å². The second-order valence-electron chi connectivity index (χ2n) is 4.35. The van der Waals surface area contributed by atoms with Crippen LogP contribution >= 0.6 is 0 Å². The molecule has 0 bridgehead atoms. The molecule has 0 amide bonds. The molecule has 5 heteroatoms. The predicted molar refractivity (Wildman–Crippen MR) is 71.0 cm³/mol. The normalized spacial score (nSPS) is 14.2. The van der Waals surface area contributed by atoms with Crippen LogP contribution in [-0.2, 0) is 13.0 Å². The van der Waals surface area contributed by atoms with Crippen molar-refractivity contribution in [3.05, 3.63) is 47.7 Å². The lowest BCUT2D eigenvalue weighted by Crippen LogP contribution is -2.31. The van der Waals surface area contributed by atoms with Gasteiger partial charge in [0, 0.05) is 25.2 Å². The Labute approximate surface area is 106 Å². The Hall–Kier alpha value is -2.14. The molecule has 0 unspecified atom stereocenters. The van der Waals surface area contributed by atoms with Crippen molar-refractivity contribution in [2.75, 3.05) is 16.9 Å². The molecule has 2 heterocycles. The lowest BCUT2D eigenvalue weighted by Gasteiger charge is -2.29. The van der Waals surface area contributed by atoms with Crippen LogP contribution in [0.4, 0.5) is 11.5 Å². The van der Waals surface area contributed by atoms with Gasteiger partial charge in [0.1, 0.15) is 0 Å². The second-order valence-corrected chi connectivity index (χ2v) is 4.35. The molecular formula is C13H15N5. The summed E-state index contributed by atoms with van der Waals surface area (Å²) in [5, 5.41) is 8.20. The number of hydrogen-bond acceptors (Lipinski definition) is 5. The van der Waals surface area contributed by atoms with Gasteiger partial charge < -0.3 is 10.3 Å². The lowest BCUT2D eigenvalue weighted by molar-refractivity contribution is 0.696. The number of fused-ring (bicyclic) bond motifs is 1. The largest absolute Gasteiger partial charge is 0.367 e. The highest BCUT2D eigenvalue weighted by Gasteiger charge is 2.18. The van der Waals surface area contributed by atoms with Crippen LogP contribution in [0.25, 0.3) is 0 Å². The fraction of sp³-hybridized carbons (Fsp3) is 0.231. The highest BCUT2D eigenvalue weighted by molar-refractivity contribution is 5.49. The van der Waals surface area contributed by atoms with Gasteiger partial charge in [-0.05, 0) is 23.8 Å². The van der Waals surface area contributed by atoms with Crippen LogP contribution in [0.5, 0.6) is 0 Å². The molecule has 92 valence electrons. The number of benzene rings is 1. The molecule has 2 aromatic rings. The first kappa shape index (κ1) is 11.0. The van der Waals surface area contributed by atoms with Crippen molar-refractivity contribution in [2.45, 2.75) is 13.0 Å². The van der Waals surface area contributed by atoms with E-state index < -0.39 is 0 Å². The maximum absolute atomic E-state index is 5.36. The molecule has 0 aliphatic carbocycles. The summed E-state index contributed by atoms with van der Waals surface area (Å²) in [7, 11) is 0. The molecule has 18 heavy (non-hydrogen) atoms. The molecule has 5 nitrogen and oxygen atoms in total. The average Bonchev–Trinajstić information content (AvgIpc) is 2.47. The number of aromatic nitrogens is 2. The van der Waals surface area contributed by atoms with Crippen LogP contribution in [0.3, 0.4) is 0 Å². The maximum atomic E-state index is 5.36. The minimum absolute atomic E-state index is 0.615. The third-order valence-electron chi connectivity index (χ3n) is 3.21. The lowest BCUT2D eigenvalue weighted by atomic mass is 10.1. The highest BCUT2D eigenvalue weighted by Crippen LogP contribution is 2.23. The van der Waals surface area contributed by atoms with E-state index in [4.69, 9.17) is 5.84 Å². The summed E-state index contributed by atoms with van der Waals surface area (Å²) in [6.07, 6.45) is 0.919. The summed E-state index contributed by atoms with van der Waals surface area (Å²) >= 11 is 0. The van der Waals surface area contributed by atoms with Crippen LogP contribution in [0, 0.1) is 0 Å². The van der Waals surface area contributed by atoms with Gasteiger partial charge in [0.05, 0.1) is 5.69 Å². The molecule has 0 atom stereocenters. The first-order chi connectivity index (χ1) is 8.86. The van der Waals surface area contributed by atoms with Crippen molar-refractivity contribution >= 4 is 11.5 Å². The first-order valence-corrected chi connectivity index (χ1v) is 5.99. The predicted octanol–water partition coefficient (Wildman–Crippen LogP) is 1.32. The zero-order valence-electron chi connectivity index (χ0n) is 10.0. The fourth-order valence-electron chi connectivity index (χ4n) is 2.26. The summed E-state index contributed by atoms with van der Waals surface area (Å²) in [4.78, 5) is 2.34. The zero-order chi connectivity index (χ0) is 12.4. The molecular weight excluding hydrogens is 226 g/mol. The smallest absolute Gasteiger partial charge is 0.162 e. The van der Waals surface area contributed by atoms with E-state index in [0.717, 1.165) is 25.2 Å². The first-order valence-electron chi connectivity index (χ1n) is 5.99. The fourth-order valence-corrected chi connectivity index (χ4v) is 2.26. The van der Waals surface area contributed by atoms with Crippen LogP contribution in [-0.4, -0.2) is 16.7 Å². The Morgan fingerprint density at radius 1 is 1.17 bits per heavy atom. The summed E-state index contributed by atoms with van der Waals surface area (Å²) in [5.74, 6) is 5.98. The molecule has 1 aromatic carbocycles. The third kappa shape index (κ3) is 2.00. The molecule has 3 N–H and O–H groups in total. The van der Waals surface area contributed by atoms with E-state index in [1.165, 1.54) is 11.3 Å². The molecule has 0 saturated carbocycles. The van der Waals surface area contributed by atoms with E-state index in [2.05, 4.69) is 44.8 Å². The summed E-state index contributed by atoms with van der Waals surface area (Å²) in [5.41, 5.74) is 6.04. The minimum atomic E-state index is 0.615. The Morgan fingerprint density at radius 2 is 2.00 bits per heavy atom. The van der Waals surface area contributed by atoms with Crippen LogP contribution < -0.4 is 16.2 Å². The van der Waals surface area contributed by atoms with Crippen LogP contribution in [0.1, 0.15) is 11.3 Å². The third-order valence-corrected chi connectivity index (χ3v) is 3.21. The molecule has 0 fully saturated rings. The summed E-state index contributed by atoms with van der Waals surface area (Å²) < 4.78 is 0. The summed E-state index contributed by atoms with van der Waals surface area (Å²) in [6.45, 7) is 1.82. The number of nitrogens with two attached hydrogens (primary N) is 1. The van der Waals surface area contributed by atoms with Crippen molar-refractivity contribution in [1.29, 1.82) is 0 Å². The minimum Gasteiger partial charge on any atom is -0.367 e. The maximum Gasteiger partial charge on any atom is 0.162 e. The van der Waals surface area contributed by atoms with Crippen molar-refractivity contribution in [1.82, 2.24) is 10.2 Å². The van der Waals surface area contributed by atoms with Crippen molar-refractivity contribution < 1.29 is 0 Å². The van der Waals surface area contributed by atoms with Crippen molar-refractivity contribution in [3.8, 4) is 0 Å². The average molecular weight is 241 g/mol. The topological polar surface area (TPSA) is 67.1 Å². The number of anilines is 2. The van der Waals surface area contributed by atoms with E-state index in [9.17, 15) is 0 Å². The molecule has 1 aromatic heterocycles. The highest BCUT2D eigenvalue weighted by atomic mass is 15.3. The van der Waals surface area contributed by atoms with Gasteiger partial charge in [0.25, 0.3) is 0 Å². The van der Waals surface area contributed by atoms with Gasteiger partial charge in [0.2, 0.25) is 0 Å². The summed E-state index contributed by atoms with van der Waals surface area (Å²) in [6, 6.07) is 12.4. The van der Waals surface area contributed by atoms with Gasteiger partial charge in [-0.2, -0.15) is 5.10 Å². The Kier molecular flexibility index (Phi) is 2.82. The van der Waals surface area contributed by atoms with Gasteiger partial charge >= 0.3 is 0 Å². The SMILES string of the molecule is NNc1cc2c(nn1)CCN(c1ccccc1)C2. The van der Waals surface area contributed by atoms with Gasteiger partial charge in [-0.3, -0.25) is 0 Å². The van der Waals surface area contributed by atoms with Crippen molar-refractivity contribution in [3.63, 3.8) is 0 Å². The van der Waals surface area contributed by atoms with E-state index in [0.29, 0.717) is 5.82 Å². The number of nitrogens with one attached hydrogen (secondary N) is 1. The van der Waals surface area contributed by atoms with Crippen molar-refractivity contribution in [2.24, 2.45) is 5.84 Å². The van der Waals surface area contributed by atoms with E-state index in [1.807, 2.05) is 12.1 Å². The molecule has 0 radical (unpaired) electrons. The van der Waals surface area contributed by atoms with E-state index in [-0.39, 0.29) is 0 Å². The standard InChI is InChI=1S/C13H15N5/c14-15-13-8-10-9-18(7-6-12(10)16-17-13)11-4-2-1-3-5-11/h1-5,8H,6-7,9,14H2,(H,15,17). The molecule has 0 saturated heterocycles. The Morgan fingerprint density at radius 3 is 2.78 bits per heavy atom. The number of rotatable bonds is 2. The Bertz CT molecular complexity index is 540. The number of nitrogen functional groups attached to an aromatic ring is 1. The van der Waals surface area contributed by atoms with E-state index in [1.54, 1.807) is 0 Å². The molecule has 1 aliphatic heterocycles. The molecule has 3 rings (SSSR count). The molecule has 0 spiro atoms. The Balaban J connectivity index is 1.88. The quantitative estimate of drug-likeness (QED) is 0.613. The van der Waals surface area contributed by atoms with Gasteiger partial charge in [-0.15, -0.1) is 5.10 Å². The number of hydrazine groups is 1. The van der Waals surface area contributed by atoms with Gasteiger partial charge in [-0.25, -0.2) is 5.84 Å². The number of hydrogen-bond donors (Lipinski definition) is 2. The van der Waals surface area contributed by atoms with Gasteiger partial charge in [0.15, 0.2) is 5.82 Å². The molecule has 1 aliphatic rings. The second kappa shape index (κ2) is 4.62. The zero-order valence-corrected chi connectivity index (χ0v) is 10.0. The monoisotopic (exact) mass is 241 g/mol.